The summed E-state index contributed by atoms with van der Waals surface area (Å²) < 4.78 is 18.2. The Hall–Kier alpha value is -3.78. The fourth-order valence-electron chi connectivity index (χ4n) is 3.50. The van der Waals surface area contributed by atoms with Gasteiger partial charge in [-0.2, -0.15) is 0 Å². The van der Waals surface area contributed by atoms with E-state index in [2.05, 4.69) is 0 Å². The van der Waals surface area contributed by atoms with Crippen molar-refractivity contribution in [3.63, 3.8) is 0 Å². The summed E-state index contributed by atoms with van der Waals surface area (Å²) in [5.74, 6) is 1.30. The summed E-state index contributed by atoms with van der Waals surface area (Å²) in [5, 5.41) is 12.4. The zero-order valence-corrected chi connectivity index (χ0v) is 19.4. The van der Waals surface area contributed by atoms with Crippen LogP contribution >= 0.6 is 11.3 Å². The number of aromatic carboxylic acids is 1. The van der Waals surface area contributed by atoms with Crippen LogP contribution in [-0.4, -0.2) is 34.8 Å². The van der Waals surface area contributed by atoms with Gasteiger partial charge in [0.2, 0.25) is 0 Å². The van der Waals surface area contributed by atoms with E-state index in [4.69, 9.17) is 19.2 Å². The van der Waals surface area contributed by atoms with Crippen molar-refractivity contribution in [2.75, 3.05) is 14.2 Å². The molecule has 4 rings (SSSR count). The molecule has 0 aliphatic rings. The Bertz CT molecular complexity index is 1240. The molecule has 2 aromatic carbocycles. The lowest BCUT2D eigenvalue weighted by atomic mass is 10.2. The molecule has 0 unspecified atom stereocenters. The lowest BCUT2D eigenvalue weighted by molar-refractivity contribution is 0.0696. The van der Waals surface area contributed by atoms with Crippen molar-refractivity contribution in [1.29, 1.82) is 0 Å². The molecule has 0 saturated heterocycles. The van der Waals surface area contributed by atoms with Gasteiger partial charge < -0.3 is 23.9 Å². The van der Waals surface area contributed by atoms with Crippen LogP contribution in [0, 0.1) is 6.92 Å². The fraction of sp³-hybridized carbons (Fsp3) is 0.200. The average molecular weight is 465 g/mol. The van der Waals surface area contributed by atoms with E-state index < -0.39 is 5.97 Å². The van der Waals surface area contributed by atoms with E-state index >= 15 is 0 Å². The van der Waals surface area contributed by atoms with Crippen LogP contribution in [0.3, 0.4) is 0 Å². The van der Waals surface area contributed by atoms with Gasteiger partial charge >= 0.3 is 5.97 Å². The summed E-state index contributed by atoms with van der Waals surface area (Å²) in [6, 6.07) is 16.8. The lowest BCUT2D eigenvalue weighted by Crippen LogP contribution is -2.06. The van der Waals surface area contributed by atoms with E-state index in [1.54, 1.807) is 20.3 Å². The Morgan fingerprint density at radius 2 is 1.61 bits per heavy atom. The number of hydrogen-bond acceptors (Lipinski definition) is 6. The van der Waals surface area contributed by atoms with Gasteiger partial charge in [0.05, 0.1) is 31.2 Å². The van der Waals surface area contributed by atoms with Gasteiger partial charge in [-0.1, -0.05) is 12.1 Å². The Labute approximate surface area is 195 Å². The lowest BCUT2D eigenvalue weighted by Gasteiger charge is -2.11. The maximum Gasteiger partial charge on any atom is 0.337 e. The molecule has 0 saturated carbocycles. The molecule has 1 N–H and O–H groups in total. The van der Waals surface area contributed by atoms with E-state index in [9.17, 15) is 9.90 Å². The number of carboxylic acid groups (broad SMARTS) is 1. The summed E-state index contributed by atoms with van der Waals surface area (Å²) in [7, 11) is 3.25. The number of aromatic nitrogens is 2. The number of nitrogens with zero attached hydrogens (tertiary/aromatic N) is 2. The molecule has 0 atom stereocenters. The van der Waals surface area contributed by atoms with Crippen LogP contribution in [0.1, 0.15) is 26.6 Å². The molecular weight excluding hydrogens is 440 g/mol. The third-order valence-corrected chi connectivity index (χ3v) is 6.15. The number of carboxylic acids is 1. The largest absolute Gasteiger partial charge is 0.497 e. The molecule has 0 aliphatic carbocycles. The van der Waals surface area contributed by atoms with E-state index in [0.717, 1.165) is 39.2 Å². The molecule has 4 aromatic rings. The normalized spacial score (nSPS) is 10.8. The molecular formula is C25H24N2O5S. The van der Waals surface area contributed by atoms with Crippen LogP contribution in [0.4, 0.5) is 0 Å². The molecule has 2 aromatic heterocycles. The van der Waals surface area contributed by atoms with Gasteiger partial charge in [0.15, 0.2) is 0 Å². The van der Waals surface area contributed by atoms with Gasteiger partial charge in [0.1, 0.15) is 28.9 Å². The van der Waals surface area contributed by atoms with Crippen molar-refractivity contribution < 1.29 is 24.1 Å². The van der Waals surface area contributed by atoms with Crippen molar-refractivity contribution in [2.24, 2.45) is 0 Å². The smallest absolute Gasteiger partial charge is 0.337 e. The minimum Gasteiger partial charge on any atom is -0.497 e. The monoisotopic (exact) mass is 464 g/mol. The number of carbonyl (C=O) groups is 1. The molecule has 170 valence electrons. The fourth-order valence-corrected chi connectivity index (χ4v) is 4.20. The Morgan fingerprint density at radius 1 is 1.00 bits per heavy atom. The van der Waals surface area contributed by atoms with Crippen molar-refractivity contribution in [1.82, 2.24) is 9.55 Å². The Morgan fingerprint density at radius 3 is 2.21 bits per heavy atom. The van der Waals surface area contributed by atoms with Crippen molar-refractivity contribution in [2.45, 2.75) is 20.1 Å². The standard InChI is InChI=1S/C25H24N2O5S/c1-16-21(25(28)29)12-23(27(16)13-17-4-6-18(30-2)7-5-17)22-15-33-24(26-22)14-32-20-10-8-19(31-3)9-11-20/h4-12,15H,13-14H2,1-3H3,(H,28,29). The Balaban J connectivity index is 1.57. The molecule has 0 radical (unpaired) electrons. The van der Waals surface area contributed by atoms with Gasteiger partial charge in [0, 0.05) is 17.6 Å². The Kier molecular flexibility index (Phi) is 6.65. The van der Waals surface area contributed by atoms with Gasteiger partial charge in [0.25, 0.3) is 0 Å². The van der Waals surface area contributed by atoms with Crippen molar-refractivity contribution in [3.8, 4) is 28.6 Å². The highest BCUT2D eigenvalue weighted by Gasteiger charge is 2.20. The third kappa shape index (κ3) is 5.01. The minimum atomic E-state index is -0.958. The van der Waals surface area contributed by atoms with Crippen molar-refractivity contribution >= 4 is 17.3 Å². The molecule has 0 bridgehead atoms. The van der Waals surface area contributed by atoms with Gasteiger partial charge in [-0.05, 0) is 55.0 Å². The van der Waals surface area contributed by atoms with Crippen LogP contribution in [0.15, 0.2) is 60.0 Å². The van der Waals surface area contributed by atoms with Gasteiger partial charge in [-0.3, -0.25) is 0 Å². The molecule has 33 heavy (non-hydrogen) atoms. The molecule has 0 spiro atoms. The van der Waals surface area contributed by atoms with Gasteiger partial charge in [-0.25, -0.2) is 9.78 Å². The summed E-state index contributed by atoms with van der Waals surface area (Å²) in [4.78, 5) is 16.5. The van der Waals surface area contributed by atoms with E-state index in [0.29, 0.717) is 18.8 Å². The highest BCUT2D eigenvalue weighted by molar-refractivity contribution is 7.09. The summed E-state index contributed by atoms with van der Waals surface area (Å²) in [5.41, 5.74) is 3.45. The van der Waals surface area contributed by atoms with Gasteiger partial charge in [-0.15, -0.1) is 11.3 Å². The molecule has 0 fully saturated rings. The van der Waals surface area contributed by atoms with Crippen LogP contribution in [0.5, 0.6) is 17.2 Å². The number of ether oxygens (including phenoxy) is 3. The van der Waals surface area contributed by atoms with Crippen LogP contribution in [0.2, 0.25) is 0 Å². The summed E-state index contributed by atoms with van der Waals surface area (Å²) >= 11 is 1.48. The second kappa shape index (κ2) is 9.79. The second-order valence-corrected chi connectivity index (χ2v) is 8.30. The molecule has 7 nitrogen and oxygen atoms in total. The topological polar surface area (TPSA) is 82.8 Å². The number of rotatable bonds is 9. The average Bonchev–Trinajstić information content (AvgIpc) is 3.43. The first-order valence-electron chi connectivity index (χ1n) is 10.3. The van der Waals surface area contributed by atoms with Crippen LogP contribution < -0.4 is 14.2 Å². The SMILES string of the molecule is COc1ccc(Cn2c(-c3csc(COc4ccc(OC)cc4)n3)cc(C(=O)O)c2C)cc1. The first-order valence-corrected chi connectivity index (χ1v) is 11.1. The van der Waals surface area contributed by atoms with E-state index in [1.807, 2.05) is 65.4 Å². The zero-order valence-electron chi connectivity index (χ0n) is 18.6. The molecule has 8 heteroatoms. The molecule has 0 aliphatic heterocycles. The predicted octanol–water partition coefficient (Wildman–Crippen LogP) is 5.26. The maximum absolute atomic E-state index is 11.8. The molecule has 0 amide bonds. The van der Waals surface area contributed by atoms with E-state index in [-0.39, 0.29) is 5.56 Å². The van der Waals surface area contributed by atoms with E-state index in [1.165, 1.54) is 11.3 Å². The highest BCUT2D eigenvalue weighted by Crippen LogP contribution is 2.29. The highest BCUT2D eigenvalue weighted by atomic mass is 32.1. The zero-order chi connectivity index (χ0) is 23.4. The summed E-state index contributed by atoms with van der Waals surface area (Å²) in [6.45, 7) is 2.66. The van der Waals surface area contributed by atoms with Crippen LogP contribution in [-0.2, 0) is 13.2 Å². The first kappa shape index (κ1) is 22.4. The predicted molar refractivity (Wildman–Crippen MR) is 127 cm³/mol. The second-order valence-electron chi connectivity index (χ2n) is 7.36. The maximum atomic E-state index is 11.8. The number of thiazole rings is 1. The van der Waals surface area contributed by atoms with Crippen LogP contribution in [0.25, 0.3) is 11.4 Å². The first-order chi connectivity index (χ1) is 16.0. The quantitative estimate of drug-likeness (QED) is 0.364. The number of hydrogen-bond donors (Lipinski definition) is 1. The molecule has 2 heterocycles. The minimum absolute atomic E-state index is 0.266. The summed E-state index contributed by atoms with van der Waals surface area (Å²) in [6.07, 6.45) is 0. The number of methoxy groups -OCH3 is 2. The third-order valence-electron chi connectivity index (χ3n) is 5.33. The van der Waals surface area contributed by atoms with Crippen molar-refractivity contribution in [3.05, 3.63) is 81.8 Å². The number of benzene rings is 2.